The number of ether oxygens (including phenoxy) is 4. The smallest absolute Gasteiger partial charge is 0.483 e. The number of carbonyl (C=O) groups is 2. The number of para-hydroxylation sites is 1. The van der Waals surface area contributed by atoms with Crippen molar-refractivity contribution in [3.63, 3.8) is 0 Å². The number of hydrogen-bond donors (Lipinski definition) is 1. The van der Waals surface area contributed by atoms with Crippen LogP contribution in [-0.2, 0) is 14.9 Å². The molecule has 1 aromatic heterocycles. The molecule has 0 bridgehead atoms. The lowest BCUT2D eigenvalue weighted by Gasteiger charge is -2.32. The molecule has 1 amide bonds. The van der Waals surface area contributed by atoms with E-state index in [1.165, 1.54) is 29.7 Å². The van der Waals surface area contributed by atoms with Gasteiger partial charge in [-0.2, -0.15) is 0 Å². The molecule has 1 fully saturated rings. The zero-order valence-electron chi connectivity index (χ0n) is 19.7. The zero-order valence-corrected chi connectivity index (χ0v) is 20.5. The Morgan fingerprint density at radius 3 is 2.70 bits per heavy atom. The molecule has 2 atom stereocenters. The summed E-state index contributed by atoms with van der Waals surface area (Å²) in [5, 5.41) is 3.76. The molecule has 8 nitrogen and oxygen atoms in total. The number of rotatable bonds is 6. The summed E-state index contributed by atoms with van der Waals surface area (Å²) in [6, 6.07) is 11.5. The summed E-state index contributed by atoms with van der Waals surface area (Å²) in [4.78, 5) is 30.5. The second-order valence-electron chi connectivity index (χ2n) is 9.10. The monoisotopic (exact) mass is 528 g/mol. The minimum Gasteiger partial charge on any atom is -0.483 e. The molecule has 1 aliphatic carbocycles. The van der Waals surface area contributed by atoms with Crippen LogP contribution >= 0.6 is 11.3 Å². The van der Waals surface area contributed by atoms with Gasteiger partial charge in [0.25, 0.3) is 0 Å². The second-order valence-corrected chi connectivity index (χ2v) is 10.2. The third kappa shape index (κ3) is 4.26. The number of carbonyl (C=O) groups excluding carboxylic acids is 2. The number of hydrogen-bond acceptors (Lipinski definition) is 8. The minimum absolute atomic E-state index is 0.0585. The lowest BCUT2D eigenvalue weighted by Crippen LogP contribution is -2.39. The lowest BCUT2D eigenvalue weighted by molar-refractivity contribution is -0.286. The summed E-state index contributed by atoms with van der Waals surface area (Å²) in [5.41, 5.74) is 0.591. The molecule has 0 radical (unpaired) electrons. The Labute approximate surface area is 214 Å². The van der Waals surface area contributed by atoms with Crippen LogP contribution in [0.25, 0.3) is 0 Å². The number of amides is 1. The van der Waals surface area contributed by atoms with Crippen LogP contribution < -0.4 is 19.5 Å². The zero-order chi connectivity index (χ0) is 25.8. The van der Waals surface area contributed by atoms with Gasteiger partial charge in [0.1, 0.15) is 15.6 Å². The van der Waals surface area contributed by atoms with Crippen LogP contribution in [0.4, 0.5) is 8.78 Å². The highest BCUT2D eigenvalue weighted by atomic mass is 32.1. The summed E-state index contributed by atoms with van der Waals surface area (Å²) >= 11 is 1.20. The average molecular weight is 529 g/mol. The maximum atomic E-state index is 13.6. The van der Waals surface area contributed by atoms with E-state index in [-0.39, 0.29) is 30.1 Å². The maximum absolute atomic E-state index is 13.6. The van der Waals surface area contributed by atoms with E-state index < -0.39 is 23.8 Å². The number of esters is 1. The van der Waals surface area contributed by atoms with Crippen LogP contribution in [0.3, 0.4) is 0 Å². The van der Waals surface area contributed by atoms with E-state index in [1.54, 1.807) is 13.0 Å². The first-order valence-electron chi connectivity index (χ1n) is 11.9. The molecular formula is C26H22F2N2O6S. The average Bonchev–Trinajstić information content (AvgIpc) is 3.42. The SMILES string of the molecule is CCOC(=O)c1cnc([C@H]2C[C@@H](NC(=O)C3(c4ccc5c(c4)OC(F)(F)O5)CC3)c3ccccc3O2)s1. The highest BCUT2D eigenvalue weighted by Crippen LogP contribution is 2.52. The van der Waals surface area contributed by atoms with Crippen molar-refractivity contribution in [1.29, 1.82) is 0 Å². The van der Waals surface area contributed by atoms with Crippen LogP contribution in [0.2, 0.25) is 0 Å². The summed E-state index contributed by atoms with van der Waals surface area (Å²) in [7, 11) is 0. The molecule has 1 N–H and O–H groups in total. The van der Waals surface area contributed by atoms with Crippen LogP contribution in [0.15, 0.2) is 48.7 Å². The van der Waals surface area contributed by atoms with Crippen LogP contribution in [0.1, 0.15) is 64.1 Å². The van der Waals surface area contributed by atoms with E-state index in [1.807, 2.05) is 24.3 Å². The predicted molar refractivity (Wildman–Crippen MR) is 127 cm³/mol. The number of nitrogens with one attached hydrogen (secondary N) is 1. The highest BCUT2D eigenvalue weighted by Gasteiger charge is 2.53. The molecule has 192 valence electrons. The molecule has 0 spiro atoms. The molecule has 3 heterocycles. The van der Waals surface area contributed by atoms with Crippen molar-refractivity contribution in [2.75, 3.05) is 6.61 Å². The summed E-state index contributed by atoms with van der Waals surface area (Å²) < 4.78 is 47.3. The first kappa shape index (κ1) is 23.7. The first-order chi connectivity index (χ1) is 17.8. The maximum Gasteiger partial charge on any atom is 0.586 e. The molecule has 37 heavy (non-hydrogen) atoms. The standard InChI is InChI=1S/C26H22F2N2O6S/c1-2-33-23(31)21-13-29-22(37-21)20-12-16(15-5-3-4-6-17(15)34-20)30-24(32)25(9-10-25)14-7-8-18-19(11-14)36-26(27,28)35-18/h3-8,11,13,16,20H,2,9-10,12H2,1H3,(H,30,32)/t16-,20-/m1/s1. The van der Waals surface area contributed by atoms with Crippen molar-refractivity contribution in [2.45, 2.75) is 50.0 Å². The van der Waals surface area contributed by atoms with E-state index in [4.69, 9.17) is 9.47 Å². The summed E-state index contributed by atoms with van der Waals surface area (Å²) in [5.74, 6) is -0.169. The van der Waals surface area contributed by atoms with Gasteiger partial charge in [0.15, 0.2) is 17.6 Å². The van der Waals surface area contributed by atoms with Crippen LogP contribution in [0, 0.1) is 0 Å². The van der Waals surface area contributed by atoms with E-state index in [0.717, 1.165) is 5.56 Å². The Morgan fingerprint density at radius 2 is 1.92 bits per heavy atom. The van der Waals surface area contributed by atoms with Gasteiger partial charge in [0.05, 0.1) is 24.3 Å². The fraction of sp³-hybridized carbons (Fsp3) is 0.346. The van der Waals surface area contributed by atoms with Crippen molar-refractivity contribution < 1.29 is 37.3 Å². The molecule has 2 aliphatic heterocycles. The fourth-order valence-corrected chi connectivity index (χ4v) is 5.61. The quantitative estimate of drug-likeness (QED) is 0.447. The number of aromatic nitrogens is 1. The number of alkyl halides is 2. The number of thiazole rings is 1. The van der Waals surface area contributed by atoms with E-state index >= 15 is 0 Å². The third-order valence-corrected chi connectivity index (χ3v) is 7.80. The predicted octanol–water partition coefficient (Wildman–Crippen LogP) is 5.05. The molecule has 11 heteroatoms. The van der Waals surface area contributed by atoms with E-state index in [9.17, 15) is 18.4 Å². The largest absolute Gasteiger partial charge is 0.586 e. The van der Waals surface area contributed by atoms with Gasteiger partial charge in [-0.25, -0.2) is 9.78 Å². The van der Waals surface area contributed by atoms with Crippen molar-refractivity contribution in [1.82, 2.24) is 10.3 Å². The molecule has 1 saturated carbocycles. The summed E-state index contributed by atoms with van der Waals surface area (Å²) in [6.45, 7) is 2.00. The molecule has 3 aromatic rings. The Balaban J connectivity index is 1.24. The van der Waals surface area contributed by atoms with Gasteiger partial charge in [-0.3, -0.25) is 4.79 Å². The van der Waals surface area contributed by atoms with Gasteiger partial charge in [0, 0.05) is 12.0 Å². The topological polar surface area (TPSA) is 96.0 Å². The van der Waals surface area contributed by atoms with Gasteiger partial charge in [0.2, 0.25) is 5.91 Å². The highest BCUT2D eigenvalue weighted by molar-refractivity contribution is 7.13. The molecule has 2 aromatic carbocycles. The minimum atomic E-state index is -3.72. The summed E-state index contributed by atoms with van der Waals surface area (Å²) in [6.07, 6.45) is -1.16. The molecule has 6 rings (SSSR count). The third-order valence-electron chi connectivity index (χ3n) is 6.73. The molecule has 3 aliphatic rings. The fourth-order valence-electron chi connectivity index (χ4n) is 4.75. The molecule has 0 unspecified atom stereocenters. The van der Waals surface area contributed by atoms with Crippen LogP contribution in [0.5, 0.6) is 17.2 Å². The number of nitrogens with zero attached hydrogens (tertiary/aromatic N) is 1. The van der Waals surface area contributed by atoms with Gasteiger partial charge < -0.3 is 24.3 Å². The van der Waals surface area contributed by atoms with Gasteiger partial charge in [-0.05, 0) is 43.5 Å². The number of benzene rings is 2. The molecule has 0 saturated heterocycles. The van der Waals surface area contributed by atoms with Gasteiger partial charge in [-0.15, -0.1) is 20.1 Å². The van der Waals surface area contributed by atoms with Crippen molar-refractivity contribution >= 4 is 23.2 Å². The second kappa shape index (κ2) is 8.69. The molecular weight excluding hydrogens is 506 g/mol. The number of halogens is 2. The van der Waals surface area contributed by atoms with Crippen molar-refractivity contribution in [3.05, 3.63) is 69.7 Å². The first-order valence-corrected chi connectivity index (χ1v) is 12.7. The van der Waals surface area contributed by atoms with Crippen molar-refractivity contribution in [3.8, 4) is 17.2 Å². The lowest BCUT2D eigenvalue weighted by atomic mass is 9.91. The van der Waals surface area contributed by atoms with Crippen molar-refractivity contribution in [2.24, 2.45) is 0 Å². The van der Waals surface area contributed by atoms with Gasteiger partial charge in [-0.1, -0.05) is 24.3 Å². The van der Waals surface area contributed by atoms with Gasteiger partial charge >= 0.3 is 12.3 Å². The number of fused-ring (bicyclic) bond motifs is 2. The Kier molecular flexibility index (Phi) is 5.55. The van der Waals surface area contributed by atoms with E-state index in [2.05, 4.69) is 19.8 Å². The Hall–Kier alpha value is -3.73. The Morgan fingerprint density at radius 1 is 1.14 bits per heavy atom. The normalized spacial score (nSPS) is 21.9. The van der Waals surface area contributed by atoms with E-state index in [0.29, 0.717) is 40.5 Å². The van der Waals surface area contributed by atoms with Crippen LogP contribution in [-0.4, -0.2) is 29.8 Å². The Bertz CT molecular complexity index is 1390.